The number of rotatable bonds is 2. The van der Waals surface area contributed by atoms with Gasteiger partial charge < -0.3 is 8.97 Å². The van der Waals surface area contributed by atoms with Crippen LogP contribution in [0.4, 0.5) is 0 Å². The van der Waals surface area contributed by atoms with Crippen molar-refractivity contribution in [2.24, 2.45) is 0 Å². The monoisotopic (exact) mass is 746 g/mol. The molecule has 4 heteroatoms. The molecule has 15 rings (SSSR count). The summed E-state index contributed by atoms with van der Waals surface area (Å²) in [4.78, 5) is 5.51. The highest BCUT2D eigenvalue weighted by Crippen LogP contribution is 2.50. The molecule has 0 bridgehead atoms. The molecule has 0 radical (unpaired) electrons. The van der Waals surface area contributed by atoms with Gasteiger partial charge in [0.1, 0.15) is 5.65 Å². The number of para-hydroxylation sites is 4. The van der Waals surface area contributed by atoms with Crippen LogP contribution in [0.2, 0.25) is 0 Å². The van der Waals surface area contributed by atoms with Gasteiger partial charge in [0.25, 0.3) is 0 Å². The van der Waals surface area contributed by atoms with Crippen LogP contribution in [0.15, 0.2) is 182 Å². The second kappa shape index (κ2) is 10.5. The van der Waals surface area contributed by atoms with E-state index < -0.39 is 0 Å². The molecular formula is C55H30N4. The van der Waals surface area contributed by atoms with E-state index in [-0.39, 0.29) is 0 Å². The molecule has 0 saturated carbocycles. The molecule has 15 aromatic rings. The van der Waals surface area contributed by atoms with Gasteiger partial charge in [0.05, 0.1) is 44.8 Å². The van der Waals surface area contributed by atoms with E-state index in [0.29, 0.717) is 0 Å². The fraction of sp³-hybridized carbons (Fsp3) is 0. The van der Waals surface area contributed by atoms with Gasteiger partial charge >= 0.3 is 0 Å². The van der Waals surface area contributed by atoms with E-state index >= 15 is 0 Å². The van der Waals surface area contributed by atoms with Crippen molar-refractivity contribution < 1.29 is 0 Å². The highest BCUT2D eigenvalue weighted by atomic mass is 15.0. The van der Waals surface area contributed by atoms with Gasteiger partial charge in [-0.3, -0.25) is 4.40 Å². The van der Waals surface area contributed by atoms with Crippen LogP contribution in [-0.4, -0.2) is 18.4 Å². The Labute approximate surface area is 335 Å². The highest BCUT2D eigenvalue weighted by Gasteiger charge is 2.28. The Kier molecular flexibility index (Phi) is 5.38. The molecular weight excluding hydrogens is 717 g/mol. The number of hydrogen-bond acceptors (Lipinski definition) is 1. The minimum atomic E-state index is 0.999. The Balaban J connectivity index is 1.14. The number of aromatic nitrogens is 4. The zero-order valence-electron chi connectivity index (χ0n) is 31.6. The quantitative estimate of drug-likeness (QED) is 0.173. The van der Waals surface area contributed by atoms with Crippen molar-refractivity contribution >= 4 is 120 Å². The Bertz CT molecular complexity index is 4300. The standard InChI is InChI=1S/C55H30N4/c1-2-15-34(16-3-1)57-44-23-10-8-19-37(44)41-29-33(25-26-46(41)57)48-35-17-6-4-13-31(35)28-43-39-21-12-22-40-50-51-47(30-56-55(50)59(52(39)40)53(43)48)58-45-24-11-9-20-38(45)42-27-32-14-5-7-18-36(32)49(51)54(42)58/h1-30H. The lowest BCUT2D eigenvalue weighted by atomic mass is 9.93. The summed E-state index contributed by atoms with van der Waals surface area (Å²) in [6.07, 6.45) is 2.14. The molecule has 0 saturated heterocycles. The minimum Gasteiger partial charge on any atom is -0.309 e. The maximum atomic E-state index is 5.51. The molecule has 0 atom stereocenters. The third-order valence-corrected chi connectivity index (χ3v) is 13.5. The lowest BCUT2D eigenvalue weighted by Crippen LogP contribution is -1.93. The fourth-order valence-electron chi connectivity index (χ4n) is 11.2. The summed E-state index contributed by atoms with van der Waals surface area (Å²) < 4.78 is 7.37. The van der Waals surface area contributed by atoms with Gasteiger partial charge in [-0.25, -0.2) is 4.98 Å². The van der Waals surface area contributed by atoms with Crippen LogP contribution in [0.3, 0.4) is 0 Å². The summed E-state index contributed by atoms with van der Waals surface area (Å²) in [5.74, 6) is 0. The van der Waals surface area contributed by atoms with Gasteiger partial charge in [0.15, 0.2) is 0 Å². The first kappa shape index (κ1) is 30.2. The summed E-state index contributed by atoms with van der Waals surface area (Å²) in [7, 11) is 0. The first-order chi connectivity index (χ1) is 29.3. The molecule has 6 aromatic heterocycles. The fourth-order valence-corrected chi connectivity index (χ4v) is 11.2. The molecule has 0 aliphatic heterocycles. The average molecular weight is 747 g/mol. The van der Waals surface area contributed by atoms with Gasteiger partial charge in [0, 0.05) is 65.1 Å². The highest BCUT2D eigenvalue weighted by molar-refractivity contribution is 6.39. The molecule has 4 nitrogen and oxygen atoms in total. The molecule has 0 N–H and O–H groups in total. The lowest BCUT2D eigenvalue weighted by Gasteiger charge is -2.12. The molecule has 59 heavy (non-hydrogen) atoms. The molecule has 9 aromatic carbocycles. The number of nitrogens with zero attached hydrogens (tertiary/aromatic N) is 4. The van der Waals surface area contributed by atoms with Gasteiger partial charge in [-0.05, 0) is 75.6 Å². The van der Waals surface area contributed by atoms with Crippen LogP contribution in [0.5, 0.6) is 0 Å². The van der Waals surface area contributed by atoms with E-state index in [2.05, 4.69) is 195 Å². The molecule has 270 valence electrons. The summed E-state index contributed by atoms with van der Waals surface area (Å²) in [6.45, 7) is 0. The average Bonchev–Trinajstić information content (AvgIpc) is 4.08. The first-order valence-corrected chi connectivity index (χ1v) is 20.4. The number of hydrogen-bond donors (Lipinski definition) is 0. The van der Waals surface area contributed by atoms with E-state index in [1.54, 1.807) is 0 Å². The number of benzene rings is 9. The normalized spacial score (nSPS) is 12.7. The predicted molar refractivity (Wildman–Crippen MR) is 248 cm³/mol. The van der Waals surface area contributed by atoms with Crippen LogP contribution < -0.4 is 0 Å². The van der Waals surface area contributed by atoms with E-state index in [1.807, 2.05) is 0 Å². The largest absolute Gasteiger partial charge is 0.309 e. The van der Waals surface area contributed by atoms with Crippen LogP contribution in [0.1, 0.15) is 0 Å². The SMILES string of the molecule is c1ccc(-n2c3ccccc3c3cc(-c4c5ccccc5cc5c6cccc7c8c9c%10c%11ccccc%11cc%11c%12ccccc%12n(c9cnc8n(c45)c67)c%11%10)ccc32)cc1. The zero-order chi connectivity index (χ0) is 38.1. The maximum absolute atomic E-state index is 5.51. The van der Waals surface area contributed by atoms with Crippen molar-refractivity contribution in [1.29, 1.82) is 0 Å². The molecule has 0 aliphatic rings. The molecule has 0 fully saturated rings. The summed E-state index contributed by atoms with van der Waals surface area (Å²) >= 11 is 0. The van der Waals surface area contributed by atoms with Crippen molar-refractivity contribution in [3.8, 4) is 16.8 Å². The van der Waals surface area contributed by atoms with Crippen LogP contribution in [-0.2, 0) is 0 Å². The molecule has 0 aliphatic carbocycles. The third kappa shape index (κ3) is 3.56. The summed E-state index contributed by atoms with van der Waals surface area (Å²) in [5, 5.41) is 17.6. The third-order valence-electron chi connectivity index (χ3n) is 13.5. The Morgan fingerprint density at radius 3 is 1.80 bits per heavy atom. The Morgan fingerprint density at radius 1 is 0.339 bits per heavy atom. The molecule has 0 unspecified atom stereocenters. The second-order valence-electron chi connectivity index (χ2n) is 16.3. The maximum Gasteiger partial charge on any atom is 0.146 e. The second-order valence-corrected chi connectivity index (χ2v) is 16.3. The van der Waals surface area contributed by atoms with Crippen molar-refractivity contribution in [1.82, 2.24) is 18.4 Å². The summed E-state index contributed by atoms with van der Waals surface area (Å²) in [6, 6.07) is 64.9. The van der Waals surface area contributed by atoms with Crippen molar-refractivity contribution in [2.45, 2.75) is 0 Å². The first-order valence-electron chi connectivity index (χ1n) is 20.4. The van der Waals surface area contributed by atoms with E-state index in [0.717, 1.165) is 16.9 Å². The van der Waals surface area contributed by atoms with E-state index in [1.165, 1.54) is 120 Å². The topological polar surface area (TPSA) is 26.6 Å². The van der Waals surface area contributed by atoms with Gasteiger partial charge in [0.2, 0.25) is 0 Å². The van der Waals surface area contributed by atoms with E-state index in [4.69, 9.17) is 4.98 Å². The van der Waals surface area contributed by atoms with Gasteiger partial charge in [-0.15, -0.1) is 0 Å². The Morgan fingerprint density at radius 2 is 0.966 bits per heavy atom. The lowest BCUT2D eigenvalue weighted by molar-refractivity contribution is 1.18. The molecule has 0 amide bonds. The van der Waals surface area contributed by atoms with Gasteiger partial charge in [-0.2, -0.15) is 0 Å². The number of pyridine rings is 1. The van der Waals surface area contributed by atoms with Crippen molar-refractivity contribution in [3.05, 3.63) is 182 Å². The van der Waals surface area contributed by atoms with Crippen molar-refractivity contribution in [2.75, 3.05) is 0 Å². The van der Waals surface area contributed by atoms with Gasteiger partial charge in [-0.1, -0.05) is 127 Å². The molecule has 6 heterocycles. The van der Waals surface area contributed by atoms with E-state index in [9.17, 15) is 0 Å². The molecule has 0 spiro atoms. The smallest absolute Gasteiger partial charge is 0.146 e. The summed E-state index contributed by atoms with van der Waals surface area (Å²) in [5.41, 5.74) is 13.1. The van der Waals surface area contributed by atoms with Crippen LogP contribution >= 0.6 is 0 Å². The number of fused-ring (bicyclic) bond motifs is 19. The zero-order valence-corrected chi connectivity index (χ0v) is 31.6. The predicted octanol–water partition coefficient (Wildman–Crippen LogP) is 14.5. The minimum absolute atomic E-state index is 0.999. The van der Waals surface area contributed by atoms with Crippen LogP contribution in [0.25, 0.3) is 136 Å². The van der Waals surface area contributed by atoms with Crippen molar-refractivity contribution in [3.63, 3.8) is 0 Å². The Hall–Kier alpha value is -7.95. The van der Waals surface area contributed by atoms with Crippen LogP contribution in [0, 0.1) is 0 Å².